The Labute approximate surface area is 162 Å². The van der Waals surface area contributed by atoms with Gasteiger partial charge in [0.15, 0.2) is 0 Å². The number of benzene rings is 1. The summed E-state index contributed by atoms with van der Waals surface area (Å²) < 4.78 is 5.55. The Morgan fingerprint density at radius 2 is 1.56 bits per heavy atom. The summed E-state index contributed by atoms with van der Waals surface area (Å²) in [6.45, 7) is 7.55. The molecule has 1 aromatic rings. The number of rotatable bonds is 5. The molecule has 0 spiro atoms. The van der Waals surface area contributed by atoms with Crippen LogP contribution in [0.15, 0.2) is 12.1 Å². The lowest BCUT2D eigenvalue weighted by molar-refractivity contribution is -0.128. The Kier molecular flexibility index (Phi) is 6.53. The number of ether oxygens (including phenoxy) is 1. The van der Waals surface area contributed by atoms with Crippen molar-refractivity contribution < 1.29 is 14.3 Å². The van der Waals surface area contributed by atoms with Crippen LogP contribution >= 0.6 is 0 Å². The van der Waals surface area contributed by atoms with Crippen LogP contribution in [0.4, 0.5) is 5.69 Å². The van der Waals surface area contributed by atoms with Crippen LogP contribution in [0.25, 0.3) is 0 Å². The highest BCUT2D eigenvalue weighted by molar-refractivity contribution is 5.94. The molecule has 1 atom stereocenters. The van der Waals surface area contributed by atoms with Crippen LogP contribution in [-0.2, 0) is 14.3 Å². The van der Waals surface area contributed by atoms with Gasteiger partial charge < -0.3 is 15.4 Å². The molecule has 1 heterocycles. The Morgan fingerprint density at radius 1 is 0.963 bits per heavy atom. The van der Waals surface area contributed by atoms with Crippen LogP contribution in [-0.4, -0.2) is 31.1 Å². The molecule has 0 radical (unpaired) electrons. The molecule has 1 aliphatic heterocycles. The van der Waals surface area contributed by atoms with Gasteiger partial charge >= 0.3 is 0 Å². The molecule has 5 nitrogen and oxygen atoms in total. The number of hydrogen-bond donors (Lipinski definition) is 2. The van der Waals surface area contributed by atoms with Crippen LogP contribution < -0.4 is 10.6 Å². The van der Waals surface area contributed by atoms with Crippen molar-refractivity contribution in [3.63, 3.8) is 0 Å². The van der Waals surface area contributed by atoms with Gasteiger partial charge in [0.25, 0.3) is 0 Å². The van der Waals surface area contributed by atoms with Gasteiger partial charge in [0.1, 0.15) is 0 Å². The van der Waals surface area contributed by atoms with E-state index in [9.17, 15) is 9.59 Å². The van der Waals surface area contributed by atoms with E-state index < -0.39 is 0 Å². The zero-order chi connectivity index (χ0) is 19.4. The molecule has 1 aromatic carbocycles. The van der Waals surface area contributed by atoms with E-state index in [0.717, 1.165) is 61.9 Å². The van der Waals surface area contributed by atoms with Crippen molar-refractivity contribution in [3.05, 3.63) is 28.8 Å². The fraction of sp³-hybridized carbons (Fsp3) is 0.636. The van der Waals surface area contributed by atoms with Crippen LogP contribution in [0.1, 0.15) is 55.2 Å². The zero-order valence-corrected chi connectivity index (χ0v) is 16.8. The lowest BCUT2D eigenvalue weighted by Gasteiger charge is -2.28. The maximum absolute atomic E-state index is 12.7. The van der Waals surface area contributed by atoms with Gasteiger partial charge in [-0.3, -0.25) is 9.59 Å². The second kappa shape index (κ2) is 8.87. The Balaban J connectivity index is 1.47. The van der Waals surface area contributed by atoms with E-state index in [1.54, 1.807) is 0 Å². The first-order chi connectivity index (χ1) is 12.9. The molecule has 3 rings (SSSR count). The molecule has 2 aliphatic rings. The summed E-state index contributed by atoms with van der Waals surface area (Å²) >= 11 is 0. The normalized spacial score (nSPS) is 25.2. The minimum atomic E-state index is -0.00711. The van der Waals surface area contributed by atoms with E-state index in [1.807, 2.05) is 13.8 Å². The molecule has 27 heavy (non-hydrogen) atoms. The predicted octanol–water partition coefficient (Wildman–Crippen LogP) is 3.65. The fourth-order valence-corrected chi connectivity index (χ4v) is 4.38. The van der Waals surface area contributed by atoms with Crippen molar-refractivity contribution in [1.82, 2.24) is 5.32 Å². The number of nitrogens with one attached hydrogen (secondary N) is 2. The maximum atomic E-state index is 12.7. The number of carbonyl (C=O) groups excluding carboxylic acids is 2. The van der Waals surface area contributed by atoms with E-state index in [1.165, 1.54) is 5.56 Å². The van der Waals surface area contributed by atoms with Gasteiger partial charge in [-0.25, -0.2) is 0 Å². The molecular formula is C22H32N2O3. The third-order valence-electron chi connectivity index (χ3n) is 5.92. The molecule has 1 saturated heterocycles. The van der Waals surface area contributed by atoms with Gasteiger partial charge in [-0.05, 0) is 70.4 Å². The monoisotopic (exact) mass is 372 g/mol. The Bertz CT molecular complexity index is 664. The van der Waals surface area contributed by atoms with E-state index in [4.69, 9.17) is 4.74 Å². The van der Waals surface area contributed by atoms with E-state index in [0.29, 0.717) is 6.54 Å². The number of carbonyl (C=O) groups is 2. The minimum absolute atomic E-state index is 0.00711. The standard InChI is InChI=1S/C22H32N2O3/c1-14-11-15(2)20(16(3)12-14)24-22(26)18-8-6-17(7-9-18)21(25)23-13-19-5-4-10-27-19/h11-12,17-19H,4-10,13H2,1-3H3,(H,23,25)(H,24,26). The van der Waals surface area contributed by atoms with Crippen molar-refractivity contribution in [2.75, 3.05) is 18.5 Å². The molecular weight excluding hydrogens is 340 g/mol. The first-order valence-electron chi connectivity index (χ1n) is 10.2. The largest absolute Gasteiger partial charge is 0.376 e. The molecule has 2 N–H and O–H groups in total. The summed E-state index contributed by atoms with van der Waals surface area (Å²) in [5.41, 5.74) is 4.34. The maximum Gasteiger partial charge on any atom is 0.227 e. The summed E-state index contributed by atoms with van der Waals surface area (Å²) in [7, 11) is 0. The molecule has 1 saturated carbocycles. The Hall–Kier alpha value is -1.88. The van der Waals surface area contributed by atoms with Crippen molar-refractivity contribution >= 4 is 17.5 Å². The van der Waals surface area contributed by atoms with Gasteiger partial charge in [-0.1, -0.05) is 17.7 Å². The van der Waals surface area contributed by atoms with Crippen molar-refractivity contribution in [2.24, 2.45) is 11.8 Å². The molecule has 0 aromatic heterocycles. The highest BCUT2D eigenvalue weighted by Crippen LogP contribution is 2.31. The first kappa shape index (κ1) is 19.9. The van der Waals surface area contributed by atoms with Crippen LogP contribution in [0, 0.1) is 32.6 Å². The minimum Gasteiger partial charge on any atom is -0.376 e. The molecule has 148 valence electrons. The second-order valence-corrected chi connectivity index (χ2v) is 8.19. The lowest BCUT2D eigenvalue weighted by Crippen LogP contribution is -2.38. The number of aryl methyl sites for hydroxylation is 3. The summed E-state index contributed by atoms with van der Waals surface area (Å²) in [5, 5.41) is 6.16. The molecule has 2 fully saturated rings. The van der Waals surface area contributed by atoms with Crippen LogP contribution in [0.3, 0.4) is 0 Å². The SMILES string of the molecule is Cc1cc(C)c(NC(=O)C2CCC(C(=O)NCC3CCCO3)CC2)c(C)c1. The fourth-order valence-electron chi connectivity index (χ4n) is 4.38. The van der Waals surface area contributed by atoms with Crippen LogP contribution in [0.2, 0.25) is 0 Å². The van der Waals surface area contributed by atoms with Gasteiger partial charge in [0.2, 0.25) is 11.8 Å². The summed E-state index contributed by atoms with van der Waals surface area (Å²) in [6, 6.07) is 4.19. The average molecular weight is 373 g/mol. The third-order valence-corrected chi connectivity index (χ3v) is 5.92. The van der Waals surface area contributed by atoms with Crippen LogP contribution in [0.5, 0.6) is 0 Å². The van der Waals surface area contributed by atoms with Gasteiger partial charge in [0, 0.05) is 30.7 Å². The molecule has 0 bridgehead atoms. The smallest absolute Gasteiger partial charge is 0.227 e. The topological polar surface area (TPSA) is 67.4 Å². The second-order valence-electron chi connectivity index (χ2n) is 8.19. The summed E-state index contributed by atoms with van der Waals surface area (Å²) in [6.07, 6.45) is 5.40. The molecule has 5 heteroatoms. The predicted molar refractivity (Wildman–Crippen MR) is 107 cm³/mol. The highest BCUT2D eigenvalue weighted by atomic mass is 16.5. The Morgan fingerprint density at radius 3 is 2.11 bits per heavy atom. The number of amides is 2. The lowest BCUT2D eigenvalue weighted by atomic mass is 9.81. The summed E-state index contributed by atoms with van der Waals surface area (Å²) in [5.74, 6) is 0.225. The van der Waals surface area contributed by atoms with Crippen molar-refractivity contribution in [1.29, 1.82) is 0 Å². The third kappa shape index (κ3) is 5.10. The van der Waals surface area contributed by atoms with Gasteiger partial charge in [-0.2, -0.15) is 0 Å². The number of anilines is 1. The van der Waals surface area contributed by atoms with Crippen molar-refractivity contribution in [3.8, 4) is 0 Å². The van der Waals surface area contributed by atoms with E-state index in [2.05, 4.69) is 29.7 Å². The highest BCUT2D eigenvalue weighted by Gasteiger charge is 2.30. The molecule has 1 aliphatic carbocycles. The van der Waals surface area contributed by atoms with Crippen molar-refractivity contribution in [2.45, 2.75) is 65.4 Å². The number of hydrogen-bond acceptors (Lipinski definition) is 3. The summed E-state index contributed by atoms with van der Waals surface area (Å²) in [4.78, 5) is 25.1. The zero-order valence-electron chi connectivity index (χ0n) is 16.8. The first-order valence-corrected chi connectivity index (χ1v) is 10.2. The van der Waals surface area contributed by atoms with E-state index in [-0.39, 0.29) is 29.8 Å². The average Bonchev–Trinajstić information content (AvgIpc) is 3.16. The van der Waals surface area contributed by atoms with Gasteiger partial charge in [-0.15, -0.1) is 0 Å². The molecule has 1 unspecified atom stereocenters. The molecule has 2 amide bonds. The van der Waals surface area contributed by atoms with E-state index >= 15 is 0 Å². The van der Waals surface area contributed by atoms with Gasteiger partial charge in [0.05, 0.1) is 6.10 Å². The quantitative estimate of drug-likeness (QED) is 0.829.